The molecule has 3 aliphatic rings. The molecule has 1 fully saturated rings. The first-order valence-corrected chi connectivity index (χ1v) is 6.93. The molecule has 1 aliphatic heterocycles. The summed E-state index contributed by atoms with van der Waals surface area (Å²) in [5, 5.41) is 3.09. The van der Waals surface area contributed by atoms with Crippen LogP contribution in [0, 0.1) is 11.8 Å². The van der Waals surface area contributed by atoms with Gasteiger partial charge in [-0.15, -0.1) is 0 Å². The number of urea groups is 1. The normalized spacial score (nSPS) is 35.8. The number of nitrogens with zero attached hydrogens (tertiary/aromatic N) is 1. The SMILES string of the molecule is NC1=NC(=O)NC12C1CCC2Cc2ccccc2C1. The fraction of sp³-hybridized carbons (Fsp3) is 0.467. The number of nitrogens with two attached hydrogens (primary N) is 1. The number of rotatable bonds is 0. The second-order valence-electron chi connectivity index (χ2n) is 5.94. The highest BCUT2D eigenvalue weighted by atomic mass is 16.2. The van der Waals surface area contributed by atoms with E-state index in [1.807, 2.05) is 0 Å². The molecule has 1 saturated carbocycles. The van der Waals surface area contributed by atoms with Gasteiger partial charge < -0.3 is 11.1 Å². The number of fused-ring (bicyclic) bond motifs is 1. The smallest absolute Gasteiger partial charge is 0.343 e. The minimum Gasteiger partial charge on any atom is -0.385 e. The van der Waals surface area contributed by atoms with Gasteiger partial charge in [-0.05, 0) is 48.6 Å². The van der Waals surface area contributed by atoms with E-state index in [1.165, 1.54) is 11.1 Å². The third-order valence-corrected chi connectivity index (χ3v) is 5.16. The number of hydrogen-bond donors (Lipinski definition) is 2. The van der Waals surface area contributed by atoms with Crippen molar-refractivity contribution in [2.75, 3.05) is 0 Å². The molecule has 1 heterocycles. The fourth-order valence-corrected chi connectivity index (χ4v) is 4.30. The van der Waals surface area contributed by atoms with Crippen molar-refractivity contribution >= 4 is 11.9 Å². The summed E-state index contributed by atoms with van der Waals surface area (Å²) in [7, 11) is 0. The van der Waals surface area contributed by atoms with E-state index in [0.29, 0.717) is 17.7 Å². The van der Waals surface area contributed by atoms with Crippen LogP contribution < -0.4 is 11.1 Å². The molecule has 2 atom stereocenters. The molecule has 3 N–H and O–H groups in total. The Labute approximate surface area is 112 Å². The summed E-state index contributed by atoms with van der Waals surface area (Å²) >= 11 is 0. The summed E-state index contributed by atoms with van der Waals surface area (Å²) in [5.74, 6) is 1.28. The minimum atomic E-state index is -0.379. The molecule has 2 unspecified atom stereocenters. The van der Waals surface area contributed by atoms with Crippen LogP contribution in [-0.2, 0) is 12.8 Å². The maximum atomic E-state index is 11.7. The van der Waals surface area contributed by atoms with E-state index in [9.17, 15) is 4.79 Å². The highest BCUT2D eigenvalue weighted by Gasteiger charge is 2.57. The zero-order valence-electron chi connectivity index (χ0n) is 10.7. The van der Waals surface area contributed by atoms with Gasteiger partial charge in [-0.3, -0.25) is 0 Å². The van der Waals surface area contributed by atoms with E-state index < -0.39 is 0 Å². The molecule has 4 heteroatoms. The molecule has 2 amide bonds. The third-order valence-electron chi connectivity index (χ3n) is 5.16. The first kappa shape index (κ1) is 11.0. The first-order valence-electron chi connectivity index (χ1n) is 6.93. The molecule has 1 aromatic rings. The van der Waals surface area contributed by atoms with Gasteiger partial charge in [-0.25, -0.2) is 4.79 Å². The third kappa shape index (κ3) is 1.34. The number of carbonyl (C=O) groups excluding carboxylic acids is 1. The van der Waals surface area contributed by atoms with Gasteiger partial charge in [0.2, 0.25) is 0 Å². The number of carbonyl (C=O) groups is 1. The maximum absolute atomic E-state index is 11.7. The molecule has 2 bridgehead atoms. The van der Waals surface area contributed by atoms with Crippen molar-refractivity contribution in [1.82, 2.24) is 5.32 Å². The molecule has 19 heavy (non-hydrogen) atoms. The lowest BCUT2D eigenvalue weighted by Crippen LogP contribution is -2.59. The summed E-state index contributed by atoms with van der Waals surface area (Å²) in [6.07, 6.45) is 4.22. The average Bonchev–Trinajstić information content (AvgIpc) is 2.79. The van der Waals surface area contributed by atoms with Crippen LogP contribution >= 0.6 is 0 Å². The summed E-state index contributed by atoms with van der Waals surface area (Å²) in [5.41, 5.74) is 8.56. The van der Waals surface area contributed by atoms with Gasteiger partial charge >= 0.3 is 6.03 Å². The maximum Gasteiger partial charge on any atom is 0.343 e. The molecular formula is C15H17N3O. The van der Waals surface area contributed by atoms with E-state index in [1.54, 1.807) is 0 Å². The van der Waals surface area contributed by atoms with Crippen molar-refractivity contribution in [3.8, 4) is 0 Å². The van der Waals surface area contributed by atoms with Crippen LogP contribution in [0.3, 0.4) is 0 Å². The predicted molar refractivity (Wildman–Crippen MR) is 72.9 cm³/mol. The van der Waals surface area contributed by atoms with Crippen molar-refractivity contribution in [2.45, 2.75) is 31.2 Å². The monoisotopic (exact) mass is 255 g/mol. The number of amides is 2. The summed E-state index contributed by atoms with van der Waals surface area (Å²) in [4.78, 5) is 15.6. The van der Waals surface area contributed by atoms with E-state index in [4.69, 9.17) is 5.73 Å². The molecule has 0 radical (unpaired) electrons. The van der Waals surface area contributed by atoms with E-state index >= 15 is 0 Å². The molecule has 1 spiro atoms. The Kier molecular flexibility index (Phi) is 2.08. The zero-order valence-corrected chi connectivity index (χ0v) is 10.7. The van der Waals surface area contributed by atoms with E-state index in [0.717, 1.165) is 25.7 Å². The number of nitrogens with one attached hydrogen (secondary N) is 1. The number of amidine groups is 1. The molecule has 4 nitrogen and oxygen atoms in total. The van der Waals surface area contributed by atoms with Gasteiger partial charge in [-0.1, -0.05) is 24.3 Å². The largest absolute Gasteiger partial charge is 0.385 e. The predicted octanol–water partition coefficient (Wildman–Crippen LogP) is 1.63. The second-order valence-corrected chi connectivity index (χ2v) is 5.94. The van der Waals surface area contributed by atoms with Gasteiger partial charge in [0.1, 0.15) is 11.4 Å². The molecule has 0 saturated heterocycles. The summed E-state index contributed by atoms with van der Waals surface area (Å²) in [6.45, 7) is 0. The second kappa shape index (κ2) is 3.59. The van der Waals surface area contributed by atoms with Crippen LogP contribution in [0.4, 0.5) is 4.79 Å². The lowest BCUT2D eigenvalue weighted by molar-refractivity contribution is 0.231. The van der Waals surface area contributed by atoms with Crippen LogP contribution in [0.25, 0.3) is 0 Å². The Balaban J connectivity index is 1.83. The molecule has 98 valence electrons. The minimum absolute atomic E-state index is 0.264. The van der Waals surface area contributed by atoms with Gasteiger partial charge in [0, 0.05) is 0 Å². The molecule has 0 aromatic heterocycles. The fourth-order valence-electron chi connectivity index (χ4n) is 4.30. The average molecular weight is 255 g/mol. The van der Waals surface area contributed by atoms with E-state index in [-0.39, 0.29) is 11.6 Å². The standard InChI is InChI=1S/C15H17N3O/c16-13-15(18-14(19)17-13)11-5-6-12(15)8-10-4-2-1-3-9(10)7-11/h1-4,11-12H,5-8H2,(H3,16,17,18,19). The Hall–Kier alpha value is -1.84. The zero-order chi connectivity index (χ0) is 13.0. The highest BCUT2D eigenvalue weighted by molar-refractivity contribution is 6.06. The molecule has 2 aliphatic carbocycles. The van der Waals surface area contributed by atoms with Crippen LogP contribution in [0.5, 0.6) is 0 Å². The van der Waals surface area contributed by atoms with Crippen molar-refractivity contribution in [3.63, 3.8) is 0 Å². The van der Waals surface area contributed by atoms with Crippen molar-refractivity contribution in [2.24, 2.45) is 22.6 Å². The summed E-state index contributed by atoms with van der Waals surface area (Å²) < 4.78 is 0. The van der Waals surface area contributed by atoms with Gasteiger partial charge in [0.25, 0.3) is 0 Å². The Morgan fingerprint density at radius 2 is 1.74 bits per heavy atom. The lowest BCUT2D eigenvalue weighted by atomic mass is 9.78. The molecular weight excluding hydrogens is 238 g/mol. The molecule has 4 rings (SSSR count). The number of hydrogen-bond acceptors (Lipinski definition) is 2. The van der Waals surface area contributed by atoms with Gasteiger partial charge in [-0.2, -0.15) is 4.99 Å². The number of aliphatic imine (C=N–C) groups is 1. The Morgan fingerprint density at radius 1 is 1.16 bits per heavy atom. The van der Waals surface area contributed by atoms with Crippen LogP contribution in [0.1, 0.15) is 24.0 Å². The van der Waals surface area contributed by atoms with Crippen LogP contribution in [-0.4, -0.2) is 17.4 Å². The quantitative estimate of drug-likeness (QED) is 0.740. The highest BCUT2D eigenvalue weighted by Crippen LogP contribution is 2.48. The van der Waals surface area contributed by atoms with Crippen LogP contribution in [0.15, 0.2) is 29.3 Å². The van der Waals surface area contributed by atoms with Crippen molar-refractivity contribution in [1.29, 1.82) is 0 Å². The first-order chi connectivity index (χ1) is 9.20. The Bertz CT molecular complexity index is 560. The lowest BCUT2D eigenvalue weighted by Gasteiger charge is -2.34. The topological polar surface area (TPSA) is 67.5 Å². The van der Waals surface area contributed by atoms with E-state index in [2.05, 4.69) is 34.6 Å². The summed E-state index contributed by atoms with van der Waals surface area (Å²) in [6, 6.07) is 8.33. The van der Waals surface area contributed by atoms with Gasteiger partial charge in [0.05, 0.1) is 0 Å². The van der Waals surface area contributed by atoms with Crippen LogP contribution in [0.2, 0.25) is 0 Å². The Morgan fingerprint density at radius 3 is 2.21 bits per heavy atom. The van der Waals surface area contributed by atoms with Crippen molar-refractivity contribution in [3.05, 3.63) is 35.4 Å². The van der Waals surface area contributed by atoms with Gasteiger partial charge in [0.15, 0.2) is 0 Å². The molecule has 1 aromatic carbocycles. The number of benzene rings is 1. The van der Waals surface area contributed by atoms with Crippen molar-refractivity contribution < 1.29 is 4.79 Å².